The van der Waals surface area contributed by atoms with E-state index < -0.39 is 0 Å². The van der Waals surface area contributed by atoms with Gasteiger partial charge in [-0.05, 0) is 30.9 Å². The summed E-state index contributed by atoms with van der Waals surface area (Å²) in [5.74, 6) is 0.576. The molecule has 1 aliphatic carbocycles. The lowest BCUT2D eigenvalue weighted by Gasteiger charge is -2.15. The van der Waals surface area contributed by atoms with E-state index in [1.165, 1.54) is 29.3 Å². The van der Waals surface area contributed by atoms with Crippen LogP contribution in [0.3, 0.4) is 0 Å². The molecule has 20 heavy (non-hydrogen) atoms. The predicted octanol–water partition coefficient (Wildman–Crippen LogP) is 3.80. The number of benzene rings is 1. The fourth-order valence-corrected chi connectivity index (χ4v) is 2.95. The monoisotopic (exact) mass is 451 g/mol. The molecular weight excluding hydrogens is 429 g/mol. The van der Waals surface area contributed by atoms with Gasteiger partial charge in [-0.2, -0.15) is 0 Å². The molecule has 2 rings (SSSR count). The van der Waals surface area contributed by atoms with Crippen LogP contribution in [0.1, 0.15) is 38.2 Å². The molecule has 0 bridgehead atoms. The Hall–Kier alpha value is -0.300. The smallest absolute Gasteiger partial charge is 0.188 e. The lowest BCUT2D eigenvalue weighted by atomic mass is 9.96. The highest BCUT2D eigenvalue weighted by Crippen LogP contribution is 2.50. The van der Waals surface area contributed by atoms with Gasteiger partial charge in [-0.1, -0.05) is 47.5 Å². The molecule has 0 heterocycles. The Bertz CT molecular complexity index is 458. The summed E-state index contributed by atoms with van der Waals surface area (Å²) in [5.41, 5.74) is 7.46. The average Bonchev–Trinajstić information content (AvgIpc) is 3.18. The number of guanidine groups is 1. The average molecular weight is 452 g/mol. The molecule has 1 aromatic rings. The third-order valence-electron chi connectivity index (χ3n) is 3.69. The fourth-order valence-electron chi connectivity index (χ4n) is 2.24. The molecule has 5 heteroatoms. The van der Waals surface area contributed by atoms with Crippen molar-refractivity contribution in [2.75, 3.05) is 13.1 Å². The van der Waals surface area contributed by atoms with Crippen molar-refractivity contribution in [3.8, 4) is 0 Å². The van der Waals surface area contributed by atoms with Crippen molar-refractivity contribution < 1.29 is 0 Å². The largest absolute Gasteiger partial charge is 0.370 e. The summed E-state index contributed by atoms with van der Waals surface area (Å²) in [6.07, 6.45) is 4.69. The molecule has 1 aliphatic rings. The van der Waals surface area contributed by atoms with E-state index in [9.17, 15) is 0 Å². The lowest BCUT2D eigenvalue weighted by Crippen LogP contribution is -2.33. The molecule has 0 spiro atoms. The first-order valence-corrected chi connectivity index (χ1v) is 7.76. The van der Waals surface area contributed by atoms with Crippen molar-refractivity contribution in [1.82, 2.24) is 5.32 Å². The Kier molecular flexibility index (Phi) is 7.29. The third kappa shape index (κ3) is 4.62. The zero-order valence-electron chi connectivity index (χ0n) is 11.9. The molecule has 3 N–H and O–H groups in total. The highest BCUT2D eigenvalue weighted by atomic mass is 127. The van der Waals surface area contributed by atoms with Gasteiger partial charge in [-0.3, -0.25) is 4.99 Å². The molecule has 0 saturated heterocycles. The van der Waals surface area contributed by atoms with Gasteiger partial charge < -0.3 is 11.1 Å². The zero-order valence-corrected chi connectivity index (χ0v) is 15.8. The quantitative estimate of drug-likeness (QED) is 0.299. The molecule has 1 aromatic carbocycles. The lowest BCUT2D eigenvalue weighted by molar-refractivity contribution is 0.691. The Balaban J connectivity index is 0.00000200. The topological polar surface area (TPSA) is 50.4 Å². The first-order valence-electron chi connectivity index (χ1n) is 6.97. The number of nitrogens with zero attached hydrogens (tertiary/aromatic N) is 1. The number of unbranched alkanes of at least 4 members (excludes halogenated alkanes) is 1. The van der Waals surface area contributed by atoms with Crippen LogP contribution in [0, 0.1) is 0 Å². The van der Waals surface area contributed by atoms with Crippen molar-refractivity contribution in [3.05, 3.63) is 34.3 Å². The van der Waals surface area contributed by atoms with Crippen molar-refractivity contribution in [3.63, 3.8) is 0 Å². The van der Waals surface area contributed by atoms with Crippen molar-refractivity contribution >= 4 is 45.9 Å². The number of hydrogen-bond donors (Lipinski definition) is 2. The Morgan fingerprint density at radius 1 is 1.40 bits per heavy atom. The van der Waals surface area contributed by atoms with E-state index in [-0.39, 0.29) is 29.4 Å². The molecule has 0 radical (unpaired) electrons. The second-order valence-corrected chi connectivity index (χ2v) is 6.10. The molecule has 112 valence electrons. The number of rotatable bonds is 6. The first-order chi connectivity index (χ1) is 9.18. The summed E-state index contributed by atoms with van der Waals surface area (Å²) in [6.45, 7) is 3.86. The second kappa shape index (κ2) is 8.22. The Morgan fingerprint density at radius 2 is 2.10 bits per heavy atom. The minimum atomic E-state index is 0. The maximum absolute atomic E-state index is 5.89. The number of hydrogen-bond acceptors (Lipinski definition) is 1. The standard InChI is InChI=1S/C15H22BrN3.HI/c1-2-3-10-18-14(17)19-11-15(8-9-15)12-6-4-5-7-13(12)16;/h4-7H,2-3,8-11H2,1H3,(H3,17,18,19);1H. The number of halogens is 2. The third-order valence-corrected chi connectivity index (χ3v) is 4.38. The minimum absolute atomic E-state index is 0. The fraction of sp³-hybridized carbons (Fsp3) is 0.533. The maximum Gasteiger partial charge on any atom is 0.188 e. The van der Waals surface area contributed by atoms with E-state index >= 15 is 0 Å². The summed E-state index contributed by atoms with van der Waals surface area (Å²) in [5, 5.41) is 3.17. The van der Waals surface area contributed by atoms with Gasteiger partial charge in [0.05, 0.1) is 6.54 Å². The molecule has 0 aliphatic heterocycles. The second-order valence-electron chi connectivity index (χ2n) is 5.24. The van der Waals surface area contributed by atoms with Crippen LogP contribution >= 0.6 is 39.9 Å². The highest BCUT2D eigenvalue weighted by molar-refractivity contribution is 14.0. The Labute approximate surface area is 147 Å². The molecule has 0 amide bonds. The van der Waals surface area contributed by atoms with Crippen LogP contribution < -0.4 is 11.1 Å². The van der Waals surface area contributed by atoms with Gasteiger partial charge in [0.25, 0.3) is 0 Å². The minimum Gasteiger partial charge on any atom is -0.370 e. The van der Waals surface area contributed by atoms with Gasteiger partial charge in [0.15, 0.2) is 5.96 Å². The summed E-state index contributed by atoms with van der Waals surface area (Å²) in [7, 11) is 0. The van der Waals surface area contributed by atoms with E-state index in [1.54, 1.807) is 0 Å². The van der Waals surface area contributed by atoms with Crippen LogP contribution in [0.5, 0.6) is 0 Å². The van der Waals surface area contributed by atoms with Crippen molar-refractivity contribution in [2.45, 2.75) is 38.0 Å². The summed E-state index contributed by atoms with van der Waals surface area (Å²) in [6, 6.07) is 8.43. The van der Waals surface area contributed by atoms with Crippen LogP contribution in [0.4, 0.5) is 0 Å². The number of nitrogens with two attached hydrogens (primary N) is 1. The maximum atomic E-state index is 5.89. The van der Waals surface area contributed by atoms with E-state index in [1.807, 2.05) is 6.07 Å². The van der Waals surface area contributed by atoms with E-state index in [2.05, 4.69) is 51.4 Å². The molecular formula is C15H23BrIN3. The number of aliphatic imine (C=N–C) groups is 1. The SMILES string of the molecule is CCCCNC(N)=NCC1(c2ccccc2Br)CC1.I. The summed E-state index contributed by atoms with van der Waals surface area (Å²) in [4.78, 5) is 4.51. The van der Waals surface area contributed by atoms with Gasteiger partial charge in [-0.15, -0.1) is 24.0 Å². The predicted molar refractivity (Wildman–Crippen MR) is 99.9 cm³/mol. The van der Waals surface area contributed by atoms with Crippen LogP contribution in [0.2, 0.25) is 0 Å². The Morgan fingerprint density at radius 3 is 2.70 bits per heavy atom. The van der Waals surface area contributed by atoms with Gasteiger partial charge >= 0.3 is 0 Å². The molecule has 0 aromatic heterocycles. The van der Waals surface area contributed by atoms with Crippen LogP contribution in [-0.4, -0.2) is 19.0 Å². The van der Waals surface area contributed by atoms with Crippen LogP contribution in [0.25, 0.3) is 0 Å². The molecule has 0 unspecified atom stereocenters. The zero-order chi connectivity index (χ0) is 13.7. The van der Waals surface area contributed by atoms with Crippen molar-refractivity contribution in [1.29, 1.82) is 0 Å². The van der Waals surface area contributed by atoms with E-state index in [4.69, 9.17) is 5.73 Å². The molecule has 1 fully saturated rings. The first kappa shape index (κ1) is 17.8. The van der Waals surface area contributed by atoms with Gasteiger partial charge in [-0.25, -0.2) is 0 Å². The van der Waals surface area contributed by atoms with Gasteiger partial charge in [0.1, 0.15) is 0 Å². The van der Waals surface area contributed by atoms with Crippen LogP contribution in [0.15, 0.2) is 33.7 Å². The normalized spacial score (nSPS) is 16.4. The van der Waals surface area contributed by atoms with Gasteiger partial charge in [0.2, 0.25) is 0 Å². The molecule has 3 nitrogen and oxygen atoms in total. The van der Waals surface area contributed by atoms with Gasteiger partial charge in [0, 0.05) is 16.4 Å². The van der Waals surface area contributed by atoms with Crippen molar-refractivity contribution in [2.24, 2.45) is 10.7 Å². The number of nitrogens with one attached hydrogen (secondary N) is 1. The molecule has 1 saturated carbocycles. The van der Waals surface area contributed by atoms with Crippen LogP contribution in [-0.2, 0) is 5.41 Å². The molecule has 0 atom stereocenters. The highest BCUT2D eigenvalue weighted by Gasteiger charge is 2.45. The van der Waals surface area contributed by atoms with E-state index in [0.29, 0.717) is 5.96 Å². The van der Waals surface area contributed by atoms with E-state index in [0.717, 1.165) is 19.5 Å². The summed E-state index contributed by atoms with van der Waals surface area (Å²) < 4.78 is 1.18. The summed E-state index contributed by atoms with van der Waals surface area (Å²) >= 11 is 3.64.